The molecule has 25 heavy (non-hydrogen) atoms. The quantitative estimate of drug-likeness (QED) is 0.812. The van der Waals surface area contributed by atoms with Crippen LogP contribution < -0.4 is 4.74 Å². The fourth-order valence-electron chi connectivity index (χ4n) is 3.82. The number of rotatable bonds is 4. The van der Waals surface area contributed by atoms with Gasteiger partial charge in [-0.05, 0) is 19.3 Å². The van der Waals surface area contributed by atoms with E-state index in [1.54, 1.807) is 0 Å². The number of nitrogens with zero attached hydrogens (tertiary/aromatic N) is 1. The Kier molecular flexibility index (Phi) is 5.55. The topological polar surface area (TPSA) is 52.9 Å². The van der Waals surface area contributed by atoms with E-state index in [4.69, 9.17) is 4.74 Å². The molecule has 1 saturated carbocycles. The zero-order chi connectivity index (χ0) is 18.0. The van der Waals surface area contributed by atoms with E-state index in [0.717, 1.165) is 37.8 Å². The maximum absolute atomic E-state index is 13.3. The summed E-state index contributed by atoms with van der Waals surface area (Å²) in [5.74, 6) is -4.48. The molecule has 0 radical (unpaired) electrons. The van der Waals surface area contributed by atoms with Gasteiger partial charge in [0.25, 0.3) is 0 Å². The van der Waals surface area contributed by atoms with Crippen LogP contribution >= 0.6 is 0 Å². The van der Waals surface area contributed by atoms with Crippen molar-refractivity contribution in [3.63, 3.8) is 0 Å². The highest BCUT2D eigenvalue weighted by atomic mass is 19.2. The van der Waals surface area contributed by atoms with Gasteiger partial charge in [-0.25, -0.2) is 13.2 Å². The molecule has 0 amide bonds. The van der Waals surface area contributed by atoms with Crippen LogP contribution in [0.3, 0.4) is 0 Å². The average Bonchev–Trinajstić information content (AvgIpc) is 2.61. The molecule has 1 aliphatic carbocycles. The first kappa shape index (κ1) is 18.5. The van der Waals surface area contributed by atoms with Crippen LogP contribution in [0.15, 0.2) is 12.1 Å². The Balaban J connectivity index is 1.66. The molecule has 1 saturated heterocycles. The molecule has 2 N–H and O–H groups in total. The van der Waals surface area contributed by atoms with E-state index in [2.05, 4.69) is 4.90 Å². The third-order valence-electron chi connectivity index (χ3n) is 5.32. The van der Waals surface area contributed by atoms with Gasteiger partial charge < -0.3 is 14.9 Å². The van der Waals surface area contributed by atoms with Gasteiger partial charge in [0, 0.05) is 31.3 Å². The highest BCUT2D eigenvalue weighted by molar-refractivity contribution is 5.25. The van der Waals surface area contributed by atoms with E-state index in [0.29, 0.717) is 19.0 Å². The molecular weight excluding hydrogens is 335 g/mol. The lowest BCUT2D eigenvalue weighted by molar-refractivity contribution is -0.146. The number of β-amino-alcohol motifs (C(OH)–C–C–N with tert-alkyl or cyclic N) is 1. The van der Waals surface area contributed by atoms with Gasteiger partial charge >= 0.3 is 0 Å². The lowest BCUT2D eigenvalue weighted by Crippen LogP contribution is -2.61. The maximum Gasteiger partial charge on any atom is 0.194 e. The Morgan fingerprint density at radius 3 is 2.36 bits per heavy atom. The number of halogens is 3. The number of likely N-dealkylation sites (tertiary alicyclic amines) is 1. The molecule has 2 atom stereocenters. The summed E-state index contributed by atoms with van der Waals surface area (Å²) in [6, 6.07) is 1.85. The minimum Gasteiger partial charge on any atom is -0.490 e. The largest absolute Gasteiger partial charge is 0.490 e. The standard InChI is InChI=1S/C18H24F3NO3/c19-14-8-13(9-15(20)17(14)21)25-11-18(24)10-22(7-6-16(18)23)12-4-2-1-3-5-12/h8-9,12,16,23-24H,1-7,10-11H2/t16-,18-/m0/s1. The summed E-state index contributed by atoms with van der Waals surface area (Å²) in [6.45, 7) is 0.626. The molecule has 4 nitrogen and oxygen atoms in total. The van der Waals surface area contributed by atoms with E-state index >= 15 is 0 Å². The minimum absolute atomic E-state index is 0.216. The number of hydrogen-bond donors (Lipinski definition) is 2. The Bertz CT molecular complexity index is 586. The fraction of sp³-hybridized carbons (Fsp3) is 0.667. The monoisotopic (exact) mass is 359 g/mol. The van der Waals surface area contributed by atoms with Crippen molar-refractivity contribution in [2.24, 2.45) is 0 Å². The summed E-state index contributed by atoms with van der Waals surface area (Å²) in [7, 11) is 0. The van der Waals surface area contributed by atoms with Crippen LogP contribution in [-0.2, 0) is 0 Å². The molecule has 0 bridgehead atoms. The zero-order valence-electron chi connectivity index (χ0n) is 14.1. The second-order valence-electron chi connectivity index (χ2n) is 7.16. The molecule has 0 unspecified atom stereocenters. The van der Waals surface area contributed by atoms with Gasteiger partial charge in [-0.3, -0.25) is 4.90 Å². The van der Waals surface area contributed by atoms with Crippen molar-refractivity contribution in [1.82, 2.24) is 4.90 Å². The Hall–Kier alpha value is -1.31. The van der Waals surface area contributed by atoms with Gasteiger partial charge in [0.2, 0.25) is 0 Å². The van der Waals surface area contributed by atoms with Crippen molar-refractivity contribution in [2.75, 3.05) is 19.7 Å². The number of benzene rings is 1. The third-order valence-corrected chi connectivity index (χ3v) is 5.32. The van der Waals surface area contributed by atoms with Crippen molar-refractivity contribution in [1.29, 1.82) is 0 Å². The van der Waals surface area contributed by atoms with Crippen molar-refractivity contribution in [3.8, 4) is 5.75 Å². The van der Waals surface area contributed by atoms with Gasteiger partial charge in [0.1, 0.15) is 18.0 Å². The number of aliphatic hydroxyl groups is 2. The predicted octanol–water partition coefficient (Wildman–Crippen LogP) is 2.61. The normalized spacial score (nSPS) is 28.9. The number of aliphatic hydroxyl groups excluding tert-OH is 1. The first-order valence-electron chi connectivity index (χ1n) is 8.81. The Morgan fingerprint density at radius 1 is 1.08 bits per heavy atom. The second-order valence-corrected chi connectivity index (χ2v) is 7.16. The first-order chi connectivity index (χ1) is 11.9. The van der Waals surface area contributed by atoms with Gasteiger partial charge in [-0.1, -0.05) is 19.3 Å². The molecule has 0 spiro atoms. The van der Waals surface area contributed by atoms with E-state index < -0.39 is 29.2 Å². The fourth-order valence-corrected chi connectivity index (χ4v) is 3.82. The molecule has 3 rings (SSSR count). The summed E-state index contributed by atoms with van der Waals surface area (Å²) < 4.78 is 44.8. The van der Waals surface area contributed by atoms with Crippen LogP contribution in [0.5, 0.6) is 5.75 Å². The first-order valence-corrected chi connectivity index (χ1v) is 8.81. The van der Waals surface area contributed by atoms with Crippen LogP contribution in [0.4, 0.5) is 13.2 Å². The third kappa shape index (κ3) is 4.10. The number of piperidine rings is 1. The highest BCUT2D eigenvalue weighted by Gasteiger charge is 2.43. The second kappa shape index (κ2) is 7.51. The molecular formula is C18H24F3NO3. The lowest BCUT2D eigenvalue weighted by atomic mass is 9.86. The van der Waals surface area contributed by atoms with Gasteiger partial charge in [-0.2, -0.15) is 0 Å². The molecule has 2 aliphatic rings. The van der Waals surface area contributed by atoms with Crippen LogP contribution in [0.25, 0.3) is 0 Å². The van der Waals surface area contributed by atoms with Crippen LogP contribution in [0.2, 0.25) is 0 Å². The predicted molar refractivity (Wildman–Crippen MR) is 85.8 cm³/mol. The number of ether oxygens (including phenoxy) is 1. The van der Waals surface area contributed by atoms with E-state index in [9.17, 15) is 23.4 Å². The molecule has 140 valence electrons. The van der Waals surface area contributed by atoms with Gasteiger partial charge in [-0.15, -0.1) is 0 Å². The average molecular weight is 359 g/mol. The number of hydrogen-bond acceptors (Lipinski definition) is 4. The Labute approximate surface area is 145 Å². The molecule has 7 heteroatoms. The van der Waals surface area contributed by atoms with Gasteiger partial charge in [0.05, 0.1) is 6.10 Å². The minimum atomic E-state index is -1.56. The van der Waals surface area contributed by atoms with E-state index in [1.165, 1.54) is 6.42 Å². The molecule has 1 aromatic carbocycles. The lowest BCUT2D eigenvalue weighted by Gasteiger charge is -2.46. The van der Waals surface area contributed by atoms with Crippen LogP contribution in [-0.4, -0.2) is 52.6 Å². The molecule has 0 aromatic heterocycles. The van der Waals surface area contributed by atoms with Crippen molar-refractivity contribution in [3.05, 3.63) is 29.6 Å². The van der Waals surface area contributed by atoms with Crippen molar-refractivity contribution < 1.29 is 28.1 Å². The van der Waals surface area contributed by atoms with Crippen LogP contribution in [0, 0.1) is 17.5 Å². The smallest absolute Gasteiger partial charge is 0.194 e. The zero-order valence-corrected chi connectivity index (χ0v) is 14.1. The van der Waals surface area contributed by atoms with Crippen LogP contribution in [0.1, 0.15) is 38.5 Å². The molecule has 2 fully saturated rings. The Morgan fingerprint density at radius 2 is 1.72 bits per heavy atom. The maximum atomic E-state index is 13.3. The summed E-state index contributed by atoms with van der Waals surface area (Å²) in [5.41, 5.74) is -1.53. The summed E-state index contributed by atoms with van der Waals surface area (Å²) in [6.07, 6.45) is 5.11. The van der Waals surface area contributed by atoms with Gasteiger partial charge in [0.15, 0.2) is 17.5 Å². The summed E-state index contributed by atoms with van der Waals surface area (Å²) in [5, 5.41) is 21.0. The summed E-state index contributed by atoms with van der Waals surface area (Å²) >= 11 is 0. The highest BCUT2D eigenvalue weighted by Crippen LogP contribution is 2.30. The molecule has 1 aliphatic heterocycles. The van der Waals surface area contributed by atoms with E-state index in [1.807, 2.05) is 0 Å². The molecule has 1 aromatic rings. The van der Waals surface area contributed by atoms with Crippen molar-refractivity contribution in [2.45, 2.75) is 56.3 Å². The molecule has 1 heterocycles. The van der Waals surface area contributed by atoms with E-state index in [-0.39, 0.29) is 18.9 Å². The SMILES string of the molecule is O[C@H]1CCN(C2CCCCC2)C[C@]1(O)COc1cc(F)c(F)c(F)c1. The summed E-state index contributed by atoms with van der Waals surface area (Å²) in [4.78, 5) is 2.17. The van der Waals surface area contributed by atoms with Crippen molar-refractivity contribution >= 4 is 0 Å².